The Morgan fingerprint density at radius 1 is 1.27 bits per heavy atom. The fourth-order valence-electron chi connectivity index (χ4n) is 2.83. The van der Waals surface area contributed by atoms with E-state index in [2.05, 4.69) is 20.3 Å². The fraction of sp³-hybridized carbons (Fsp3) is 0.312. The van der Waals surface area contributed by atoms with Crippen molar-refractivity contribution in [3.63, 3.8) is 0 Å². The maximum absolute atomic E-state index is 11.8. The van der Waals surface area contributed by atoms with Gasteiger partial charge in [0.1, 0.15) is 0 Å². The van der Waals surface area contributed by atoms with E-state index in [1.54, 1.807) is 24.3 Å². The Morgan fingerprint density at radius 3 is 2.85 bits per heavy atom. The molecule has 2 aromatic heterocycles. The topological polar surface area (TPSA) is 95.3 Å². The number of carbonyl (C=O) groups excluding carboxylic acids is 1. The van der Waals surface area contributed by atoms with E-state index in [0.29, 0.717) is 54.5 Å². The molecule has 0 N–H and O–H groups in total. The summed E-state index contributed by atoms with van der Waals surface area (Å²) in [5.41, 5.74) is 2.04. The van der Waals surface area contributed by atoms with Crippen molar-refractivity contribution in [2.45, 2.75) is 0 Å². The van der Waals surface area contributed by atoms with Gasteiger partial charge < -0.3 is 14.4 Å². The maximum atomic E-state index is 11.8. The van der Waals surface area contributed by atoms with Crippen molar-refractivity contribution in [2.75, 3.05) is 38.3 Å². The molecule has 0 aliphatic carbocycles. The Kier molecular flexibility index (Phi) is 4.39. The molecule has 0 bridgehead atoms. The Hall–Kier alpha value is -2.78. The molecule has 1 saturated heterocycles. The van der Waals surface area contributed by atoms with Crippen LogP contribution < -0.4 is 4.90 Å². The molecule has 0 unspecified atom stereocenters. The highest BCUT2D eigenvalue weighted by molar-refractivity contribution is 6.28. The smallest absolute Gasteiger partial charge is 0.337 e. The number of carbonyl (C=O) groups is 1. The van der Waals surface area contributed by atoms with E-state index in [1.165, 1.54) is 11.8 Å². The normalized spacial score (nSPS) is 14.6. The summed E-state index contributed by atoms with van der Waals surface area (Å²) < 4.78 is 11.7. The summed E-state index contributed by atoms with van der Waals surface area (Å²) >= 11 is 6.14. The summed E-state index contributed by atoms with van der Waals surface area (Å²) in [5.74, 6) is 0.191. The lowest BCUT2D eigenvalue weighted by Gasteiger charge is -2.27. The van der Waals surface area contributed by atoms with Gasteiger partial charge in [0.05, 0.1) is 31.6 Å². The molecule has 1 aromatic carbocycles. The van der Waals surface area contributed by atoms with Crippen LogP contribution in [0.3, 0.4) is 0 Å². The third-order valence-corrected chi connectivity index (χ3v) is 4.25. The van der Waals surface area contributed by atoms with E-state index in [4.69, 9.17) is 21.1 Å². The molecule has 0 spiro atoms. The van der Waals surface area contributed by atoms with Gasteiger partial charge in [-0.25, -0.2) is 4.79 Å². The molecular formula is C16H15ClN6O3. The van der Waals surface area contributed by atoms with Crippen LogP contribution in [0.4, 0.5) is 5.82 Å². The highest BCUT2D eigenvalue weighted by Gasteiger charge is 2.21. The third kappa shape index (κ3) is 2.95. The van der Waals surface area contributed by atoms with Gasteiger partial charge in [-0.15, -0.1) is 5.10 Å². The number of ether oxygens (including phenoxy) is 2. The van der Waals surface area contributed by atoms with E-state index in [0.717, 1.165) is 0 Å². The zero-order valence-corrected chi connectivity index (χ0v) is 14.7. The first-order valence-electron chi connectivity index (χ1n) is 7.98. The average Bonchev–Trinajstić information content (AvgIpc) is 3.11. The van der Waals surface area contributed by atoms with Crippen molar-refractivity contribution in [3.05, 3.63) is 35.1 Å². The van der Waals surface area contributed by atoms with Gasteiger partial charge in [-0.1, -0.05) is 11.3 Å². The standard InChI is InChI=1S/C16H15ClN6O3/c1-25-15(24)10-3-2-4-11(9-10)23-14-12(20-21-23)13(18-16(17)19-14)22-5-7-26-8-6-22/h2-4,9H,5-8H2,1H3. The van der Waals surface area contributed by atoms with Crippen LogP contribution in [0.5, 0.6) is 0 Å². The van der Waals surface area contributed by atoms with Crippen LogP contribution >= 0.6 is 11.6 Å². The van der Waals surface area contributed by atoms with Gasteiger partial charge in [0, 0.05) is 13.1 Å². The second kappa shape index (κ2) is 6.85. The number of anilines is 1. The van der Waals surface area contributed by atoms with Crippen molar-refractivity contribution >= 4 is 34.6 Å². The predicted molar refractivity (Wildman–Crippen MR) is 93.8 cm³/mol. The Labute approximate surface area is 153 Å². The molecule has 10 heteroatoms. The number of hydrogen-bond donors (Lipinski definition) is 0. The van der Waals surface area contributed by atoms with Crippen LogP contribution in [-0.4, -0.2) is 64.3 Å². The molecule has 1 fully saturated rings. The summed E-state index contributed by atoms with van der Waals surface area (Å²) in [6.45, 7) is 2.59. The van der Waals surface area contributed by atoms with Crippen LogP contribution in [0.25, 0.3) is 16.9 Å². The number of morpholine rings is 1. The molecule has 134 valence electrons. The largest absolute Gasteiger partial charge is 0.465 e. The van der Waals surface area contributed by atoms with E-state index >= 15 is 0 Å². The van der Waals surface area contributed by atoms with Crippen molar-refractivity contribution in [3.8, 4) is 5.69 Å². The number of halogens is 1. The lowest BCUT2D eigenvalue weighted by molar-refractivity contribution is 0.0600. The van der Waals surface area contributed by atoms with Crippen molar-refractivity contribution < 1.29 is 14.3 Å². The van der Waals surface area contributed by atoms with Crippen molar-refractivity contribution in [2.24, 2.45) is 0 Å². The Balaban J connectivity index is 1.82. The molecule has 9 nitrogen and oxygen atoms in total. The lowest BCUT2D eigenvalue weighted by atomic mass is 10.2. The molecule has 0 saturated carbocycles. The van der Waals surface area contributed by atoms with Crippen LogP contribution in [0.1, 0.15) is 10.4 Å². The number of nitrogens with zero attached hydrogens (tertiary/aromatic N) is 6. The molecule has 4 rings (SSSR count). The number of aromatic nitrogens is 5. The maximum Gasteiger partial charge on any atom is 0.337 e. The fourth-order valence-corrected chi connectivity index (χ4v) is 2.99. The zero-order valence-electron chi connectivity index (χ0n) is 13.9. The molecule has 0 atom stereocenters. The minimum absolute atomic E-state index is 0.103. The van der Waals surface area contributed by atoms with Gasteiger partial charge >= 0.3 is 5.97 Å². The van der Waals surface area contributed by atoms with Crippen LogP contribution in [0, 0.1) is 0 Å². The summed E-state index contributed by atoms with van der Waals surface area (Å²) in [6, 6.07) is 6.85. The molecule has 26 heavy (non-hydrogen) atoms. The summed E-state index contributed by atoms with van der Waals surface area (Å²) in [7, 11) is 1.33. The minimum Gasteiger partial charge on any atom is -0.465 e. The predicted octanol–water partition coefficient (Wildman–Crippen LogP) is 1.49. The first-order chi connectivity index (χ1) is 12.7. The molecular weight excluding hydrogens is 360 g/mol. The summed E-state index contributed by atoms with van der Waals surface area (Å²) in [5, 5.41) is 8.52. The molecule has 1 aliphatic heterocycles. The molecule has 3 aromatic rings. The van der Waals surface area contributed by atoms with Gasteiger partial charge in [0.25, 0.3) is 0 Å². The number of benzene rings is 1. The molecule has 0 radical (unpaired) electrons. The SMILES string of the molecule is COC(=O)c1cccc(-n2nnc3c(N4CCOCC4)nc(Cl)nc32)c1. The molecule has 0 amide bonds. The average molecular weight is 375 g/mol. The van der Waals surface area contributed by atoms with Gasteiger partial charge in [0.2, 0.25) is 5.28 Å². The van der Waals surface area contributed by atoms with Crippen LogP contribution in [0.15, 0.2) is 24.3 Å². The quantitative estimate of drug-likeness (QED) is 0.502. The highest BCUT2D eigenvalue weighted by Crippen LogP contribution is 2.26. The van der Waals surface area contributed by atoms with Gasteiger partial charge in [-0.2, -0.15) is 14.6 Å². The minimum atomic E-state index is -0.432. The van der Waals surface area contributed by atoms with Crippen molar-refractivity contribution in [1.82, 2.24) is 25.0 Å². The molecule has 1 aliphatic rings. The number of fused-ring (bicyclic) bond motifs is 1. The van der Waals surface area contributed by atoms with Crippen molar-refractivity contribution in [1.29, 1.82) is 0 Å². The monoisotopic (exact) mass is 374 g/mol. The van der Waals surface area contributed by atoms with Gasteiger partial charge in [-0.05, 0) is 29.8 Å². The third-order valence-electron chi connectivity index (χ3n) is 4.08. The van der Waals surface area contributed by atoms with E-state index in [9.17, 15) is 4.79 Å². The highest BCUT2D eigenvalue weighted by atomic mass is 35.5. The number of methoxy groups -OCH3 is 1. The first-order valence-corrected chi connectivity index (χ1v) is 8.35. The molecule has 3 heterocycles. The van der Waals surface area contributed by atoms with Crippen LogP contribution in [0.2, 0.25) is 5.28 Å². The number of hydrogen-bond acceptors (Lipinski definition) is 8. The summed E-state index contributed by atoms with van der Waals surface area (Å²) in [4.78, 5) is 22.4. The Morgan fingerprint density at radius 2 is 2.08 bits per heavy atom. The van der Waals surface area contributed by atoms with E-state index in [-0.39, 0.29) is 5.28 Å². The summed E-state index contributed by atoms with van der Waals surface area (Å²) in [6.07, 6.45) is 0. The number of esters is 1. The van der Waals surface area contributed by atoms with Gasteiger partial charge in [-0.3, -0.25) is 0 Å². The van der Waals surface area contributed by atoms with E-state index in [1.807, 2.05) is 4.90 Å². The Bertz CT molecular complexity index is 970. The van der Waals surface area contributed by atoms with Gasteiger partial charge in [0.15, 0.2) is 17.0 Å². The number of rotatable bonds is 3. The zero-order chi connectivity index (χ0) is 18.1. The van der Waals surface area contributed by atoms with E-state index < -0.39 is 5.97 Å². The lowest BCUT2D eigenvalue weighted by Crippen LogP contribution is -2.37. The van der Waals surface area contributed by atoms with Crippen LogP contribution in [-0.2, 0) is 9.47 Å². The first kappa shape index (κ1) is 16.7. The second-order valence-electron chi connectivity index (χ2n) is 5.63. The second-order valence-corrected chi connectivity index (χ2v) is 5.97.